The molecule has 0 radical (unpaired) electrons. The molecule has 0 saturated carbocycles. The van der Waals surface area contributed by atoms with Crippen LogP contribution in [0.25, 0.3) is 0 Å². The first-order chi connectivity index (χ1) is 14.6. The highest BCUT2D eigenvalue weighted by Gasteiger charge is 2.33. The lowest BCUT2D eigenvalue weighted by Gasteiger charge is -2.41. The Hall–Kier alpha value is -2.66. The molecule has 0 aromatic heterocycles. The second-order valence-electron chi connectivity index (χ2n) is 7.94. The third-order valence-corrected chi connectivity index (χ3v) is 6.60. The lowest BCUT2D eigenvalue weighted by molar-refractivity contribution is -0.119. The number of carbonyl (C=O) groups is 1. The number of fused-ring (bicyclic) bond motifs is 1. The van der Waals surface area contributed by atoms with Crippen molar-refractivity contribution in [3.8, 4) is 5.75 Å². The second-order valence-corrected chi connectivity index (χ2v) is 8.33. The minimum atomic E-state index is 0.231. The van der Waals surface area contributed by atoms with Crippen molar-refractivity contribution in [1.82, 2.24) is 4.90 Å². The maximum atomic E-state index is 12.7. The first kappa shape index (κ1) is 20.6. The van der Waals surface area contributed by atoms with Crippen LogP contribution in [0.3, 0.4) is 0 Å². The number of hydrogen-bond acceptors (Lipinski definition) is 3. The number of ether oxygens (including phenoxy) is 1. The fraction of sp³-hybridized carbons (Fsp3) is 0.360. The number of benzene rings is 2. The van der Waals surface area contributed by atoms with E-state index in [0.29, 0.717) is 6.42 Å². The topological polar surface area (TPSA) is 32.8 Å². The van der Waals surface area contributed by atoms with Gasteiger partial charge in [-0.05, 0) is 55.0 Å². The zero-order valence-corrected chi connectivity index (χ0v) is 18.3. The molecule has 2 aliphatic rings. The molecular formula is C25H28N2O2S. The molecule has 0 spiro atoms. The van der Waals surface area contributed by atoms with Crippen LogP contribution in [0.5, 0.6) is 5.75 Å². The molecule has 0 atom stereocenters. The fourth-order valence-electron chi connectivity index (χ4n) is 4.56. The molecule has 0 bridgehead atoms. The van der Waals surface area contributed by atoms with Gasteiger partial charge in [0.1, 0.15) is 10.7 Å². The highest BCUT2D eigenvalue weighted by Crippen LogP contribution is 2.33. The van der Waals surface area contributed by atoms with Crippen molar-refractivity contribution in [1.29, 1.82) is 0 Å². The summed E-state index contributed by atoms with van der Waals surface area (Å²) >= 11 is 5.83. The maximum Gasteiger partial charge on any atom is 0.227 e. The van der Waals surface area contributed by atoms with Gasteiger partial charge in [-0.15, -0.1) is 6.58 Å². The number of hydrogen-bond donors (Lipinski definition) is 0. The van der Waals surface area contributed by atoms with Crippen molar-refractivity contribution in [2.75, 3.05) is 25.1 Å². The summed E-state index contributed by atoms with van der Waals surface area (Å²) in [6.07, 6.45) is 5.96. The molecule has 0 N–H and O–H groups in total. The van der Waals surface area contributed by atoms with E-state index in [0.717, 1.165) is 66.3 Å². The summed E-state index contributed by atoms with van der Waals surface area (Å²) in [6, 6.07) is 14.7. The quantitative estimate of drug-likeness (QED) is 0.525. The Labute approximate surface area is 184 Å². The van der Waals surface area contributed by atoms with Gasteiger partial charge in [-0.1, -0.05) is 42.6 Å². The summed E-state index contributed by atoms with van der Waals surface area (Å²) in [7, 11) is 1.69. The van der Waals surface area contributed by atoms with E-state index in [1.165, 1.54) is 5.56 Å². The van der Waals surface area contributed by atoms with Crippen molar-refractivity contribution < 1.29 is 9.53 Å². The standard InChI is InChI=1S/C25H28N2O2S/c1-3-6-18-9-11-21(23(17-18)29-2)25(30)26-15-13-20(14-16-26)27-22-8-5-4-7-19(22)10-12-24(27)28/h3-5,7-9,11,17,20H,1,6,10,12-16H2,2H3. The van der Waals surface area contributed by atoms with E-state index < -0.39 is 0 Å². The van der Waals surface area contributed by atoms with Gasteiger partial charge in [0.15, 0.2) is 0 Å². The van der Waals surface area contributed by atoms with Crippen molar-refractivity contribution in [2.45, 2.75) is 38.1 Å². The van der Waals surface area contributed by atoms with Crippen molar-refractivity contribution in [3.05, 3.63) is 71.8 Å². The molecule has 156 valence electrons. The average Bonchev–Trinajstić information content (AvgIpc) is 2.79. The van der Waals surface area contributed by atoms with Crippen LogP contribution in [0.4, 0.5) is 5.69 Å². The van der Waals surface area contributed by atoms with Crippen LogP contribution in [-0.4, -0.2) is 42.0 Å². The summed E-state index contributed by atoms with van der Waals surface area (Å²) in [5.74, 6) is 1.05. The molecule has 4 rings (SSSR count). The number of anilines is 1. The number of para-hydroxylation sites is 1. The van der Waals surface area contributed by atoms with Crippen molar-refractivity contribution in [3.63, 3.8) is 0 Å². The number of thiocarbonyl (C=S) groups is 1. The van der Waals surface area contributed by atoms with Gasteiger partial charge in [0.2, 0.25) is 5.91 Å². The molecule has 2 aromatic carbocycles. The van der Waals surface area contributed by atoms with E-state index in [2.05, 4.69) is 41.8 Å². The third-order valence-electron chi connectivity index (χ3n) is 6.12. The number of amides is 1. The Balaban J connectivity index is 1.47. The first-order valence-corrected chi connectivity index (χ1v) is 11.0. The largest absolute Gasteiger partial charge is 0.496 e. The van der Waals surface area contributed by atoms with E-state index in [1.54, 1.807) is 7.11 Å². The van der Waals surface area contributed by atoms with E-state index >= 15 is 0 Å². The Morgan fingerprint density at radius 3 is 2.70 bits per heavy atom. The lowest BCUT2D eigenvalue weighted by Crippen LogP contribution is -2.50. The van der Waals surface area contributed by atoms with Crippen molar-refractivity contribution in [2.24, 2.45) is 0 Å². The van der Waals surface area contributed by atoms with E-state index in [1.807, 2.05) is 23.1 Å². The highest BCUT2D eigenvalue weighted by molar-refractivity contribution is 7.80. The summed E-state index contributed by atoms with van der Waals surface area (Å²) in [5, 5.41) is 0. The van der Waals surface area contributed by atoms with Crippen LogP contribution in [0, 0.1) is 0 Å². The van der Waals surface area contributed by atoms with E-state index in [4.69, 9.17) is 17.0 Å². The van der Waals surface area contributed by atoms with Gasteiger partial charge in [-0.3, -0.25) is 4.79 Å². The molecule has 5 heteroatoms. The average molecular weight is 421 g/mol. The number of allylic oxidation sites excluding steroid dienone is 1. The molecule has 2 heterocycles. The summed E-state index contributed by atoms with van der Waals surface area (Å²) in [4.78, 5) is 17.8. The smallest absolute Gasteiger partial charge is 0.227 e. The van der Waals surface area contributed by atoms with Crippen LogP contribution < -0.4 is 9.64 Å². The lowest BCUT2D eigenvalue weighted by atomic mass is 9.95. The molecule has 2 aromatic rings. The summed E-state index contributed by atoms with van der Waals surface area (Å²) in [5.41, 5.74) is 4.49. The first-order valence-electron chi connectivity index (χ1n) is 10.6. The number of methoxy groups -OCH3 is 1. The van der Waals surface area contributed by atoms with Gasteiger partial charge in [0.05, 0.1) is 12.7 Å². The number of nitrogens with zero attached hydrogens (tertiary/aromatic N) is 2. The Bertz CT molecular complexity index is 963. The monoisotopic (exact) mass is 420 g/mol. The number of likely N-dealkylation sites (tertiary alicyclic amines) is 1. The van der Waals surface area contributed by atoms with Gasteiger partial charge in [0.25, 0.3) is 0 Å². The van der Waals surface area contributed by atoms with E-state index in [9.17, 15) is 4.79 Å². The van der Waals surface area contributed by atoms with Gasteiger partial charge >= 0.3 is 0 Å². The molecule has 1 saturated heterocycles. The van der Waals surface area contributed by atoms with Crippen LogP contribution >= 0.6 is 12.2 Å². The number of piperidine rings is 1. The predicted molar refractivity (Wildman–Crippen MR) is 125 cm³/mol. The SMILES string of the molecule is C=CCc1ccc(C(=S)N2CCC(N3C(=O)CCc4ccccc43)CC2)c(OC)c1. The Morgan fingerprint density at radius 1 is 1.20 bits per heavy atom. The zero-order valence-electron chi connectivity index (χ0n) is 17.5. The highest BCUT2D eigenvalue weighted by atomic mass is 32.1. The fourth-order valence-corrected chi connectivity index (χ4v) is 4.91. The molecule has 2 aliphatic heterocycles. The molecule has 0 aliphatic carbocycles. The third kappa shape index (κ3) is 3.99. The zero-order chi connectivity index (χ0) is 21.1. The van der Waals surface area contributed by atoms with Crippen LogP contribution in [0.15, 0.2) is 55.1 Å². The normalized spacial score (nSPS) is 16.9. The van der Waals surface area contributed by atoms with Gasteiger partial charge in [0, 0.05) is 31.2 Å². The minimum absolute atomic E-state index is 0.231. The van der Waals surface area contributed by atoms with Crippen molar-refractivity contribution >= 4 is 28.8 Å². The number of aryl methyl sites for hydroxylation is 1. The predicted octanol–water partition coefficient (Wildman–Crippen LogP) is 4.54. The molecule has 0 unspecified atom stereocenters. The number of rotatable bonds is 5. The molecule has 30 heavy (non-hydrogen) atoms. The van der Waals surface area contributed by atoms with Crippen LogP contribution in [0.1, 0.15) is 36.0 Å². The Kier molecular flexibility index (Phi) is 6.18. The molecule has 4 nitrogen and oxygen atoms in total. The summed E-state index contributed by atoms with van der Waals surface area (Å²) < 4.78 is 5.61. The van der Waals surface area contributed by atoms with Crippen LogP contribution in [0.2, 0.25) is 0 Å². The molecular weight excluding hydrogens is 392 g/mol. The second kappa shape index (κ2) is 9.00. The van der Waals surface area contributed by atoms with Crippen LogP contribution in [-0.2, 0) is 17.6 Å². The molecule has 1 fully saturated rings. The van der Waals surface area contributed by atoms with Gasteiger partial charge in [-0.2, -0.15) is 0 Å². The summed E-state index contributed by atoms with van der Waals surface area (Å²) in [6.45, 7) is 5.49. The van der Waals surface area contributed by atoms with Gasteiger partial charge < -0.3 is 14.5 Å². The maximum absolute atomic E-state index is 12.7. The van der Waals surface area contributed by atoms with E-state index in [-0.39, 0.29) is 11.9 Å². The molecule has 1 amide bonds. The van der Waals surface area contributed by atoms with Gasteiger partial charge in [-0.25, -0.2) is 0 Å². The Morgan fingerprint density at radius 2 is 1.97 bits per heavy atom. The minimum Gasteiger partial charge on any atom is -0.496 e. The number of carbonyl (C=O) groups excluding carboxylic acids is 1.